The Morgan fingerprint density at radius 1 is 1.11 bits per heavy atom. The first-order valence-electron chi connectivity index (χ1n) is 8.63. The Kier molecular flexibility index (Phi) is 4.23. The van der Waals surface area contributed by atoms with Crippen LogP contribution >= 0.6 is 0 Å². The van der Waals surface area contributed by atoms with E-state index in [4.69, 9.17) is 4.42 Å². The zero-order valence-electron chi connectivity index (χ0n) is 14.4. The SMILES string of the molecule is O=C(CNC(=O)c1ccc2c(c1)C(=O)N(Cc1ccco1)C2=O)NC1CC1. The van der Waals surface area contributed by atoms with Crippen molar-refractivity contribution in [3.05, 3.63) is 59.0 Å². The molecule has 0 atom stereocenters. The number of fused-ring (bicyclic) bond motifs is 1. The highest BCUT2D eigenvalue weighted by molar-refractivity contribution is 6.22. The van der Waals surface area contributed by atoms with E-state index < -0.39 is 17.7 Å². The van der Waals surface area contributed by atoms with Crippen LogP contribution in [-0.4, -0.2) is 41.1 Å². The van der Waals surface area contributed by atoms with Gasteiger partial charge in [-0.3, -0.25) is 24.1 Å². The highest BCUT2D eigenvalue weighted by Crippen LogP contribution is 2.25. The highest BCUT2D eigenvalue weighted by atomic mass is 16.3. The molecule has 1 saturated carbocycles. The van der Waals surface area contributed by atoms with E-state index >= 15 is 0 Å². The van der Waals surface area contributed by atoms with Crippen LogP contribution in [0, 0.1) is 0 Å². The number of furan rings is 1. The minimum absolute atomic E-state index is 0.0300. The second kappa shape index (κ2) is 6.71. The standard InChI is InChI=1S/C19H17N3O5/c23-16(21-12-4-5-12)9-20-17(24)11-3-6-14-15(8-11)19(26)22(18(14)25)10-13-2-1-7-27-13/h1-3,6-8,12H,4-5,9-10H2,(H,20,24)(H,21,23). The highest BCUT2D eigenvalue weighted by Gasteiger charge is 2.36. The Morgan fingerprint density at radius 3 is 2.59 bits per heavy atom. The van der Waals surface area contributed by atoms with E-state index in [-0.39, 0.29) is 41.7 Å². The average Bonchev–Trinajstić information content (AvgIpc) is 3.26. The van der Waals surface area contributed by atoms with Gasteiger partial charge in [-0.15, -0.1) is 0 Å². The van der Waals surface area contributed by atoms with Crippen molar-refractivity contribution in [1.29, 1.82) is 0 Å². The number of carbonyl (C=O) groups excluding carboxylic acids is 4. The zero-order chi connectivity index (χ0) is 19.0. The monoisotopic (exact) mass is 367 g/mol. The number of rotatable bonds is 6. The number of hydrogen-bond acceptors (Lipinski definition) is 5. The van der Waals surface area contributed by atoms with Gasteiger partial charge in [0.15, 0.2) is 0 Å². The molecule has 2 N–H and O–H groups in total. The predicted molar refractivity (Wildman–Crippen MR) is 92.9 cm³/mol. The molecule has 1 aliphatic heterocycles. The molecule has 1 aliphatic carbocycles. The maximum Gasteiger partial charge on any atom is 0.261 e. The fourth-order valence-corrected chi connectivity index (χ4v) is 2.90. The third-order valence-electron chi connectivity index (χ3n) is 4.48. The number of nitrogens with one attached hydrogen (secondary N) is 2. The summed E-state index contributed by atoms with van der Waals surface area (Å²) in [6.07, 6.45) is 3.40. The molecule has 1 aromatic heterocycles. The van der Waals surface area contributed by atoms with Gasteiger partial charge >= 0.3 is 0 Å². The lowest BCUT2D eigenvalue weighted by molar-refractivity contribution is -0.120. The molecular formula is C19H17N3O5. The van der Waals surface area contributed by atoms with Crippen LogP contribution in [-0.2, 0) is 11.3 Å². The van der Waals surface area contributed by atoms with Gasteiger partial charge in [-0.05, 0) is 43.2 Å². The minimum atomic E-state index is -0.479. The van der Waals surface area contributed by atoms with Crippen molar-refractivity contribution < 1.29 is 23.6 Å². The van der Waals surface area contributed by atoms with E-state index in [1.165, 1.54) is 24.5 Å². The van der Waals surface area contributed by atoms with Gasteiger partial charge in [0.05, 0.1) is 30.5 Å². The summed E-state index contributed by atoms with van der Waals surface area (Å²) < 4.78 is 5.19. The maximum atomic E-state index is 12.6. The third kappa shape index (κ3) is 3.46. The topological polar surface area (TPSA) is 109 Å². The van der Waals surface area contributed by atoms with Crippen molar-refractivity contribution in [3.63, 3.8) is 0 Å². The van der Waals surface area contributed by atoms with Crippen molar-refractivity contribution in [1.82, 2.24) is 15.5 Å². The predicted octanol–water partition coefficient (Wildman–Crippen LogP) is 1.08. The Labute approximate surface area is 154 Å². The molecule has 2 heterocycles. The molecule has 0 radical (unpaired) electrons. The summed E-state index contributed by atoms with van der Waals surface area (Å²) in [5.74, 6) is -1.14. The summed E-state index contributed by atoms with van der Waals surface area (Å²) in [6.45, 7) is -0.105. The van der Waals surface area contributed by atoms with Crippen LogP contribution in [0.1, 0.15) is 49.7 Å². The lowest BCUT2D eigenvalue weighted by Crippen LogP contribution is -2.37. The lowest BCUT2D eigenvalue weighted by atomic mass is 10.1. The number of hydrogen-bond donors (Lipinski definition) is 2. The molecule has 0 unspecified atom stereocenters. The van der Waals surface area contributed by atoms with E-state index in [0.717, 1.165) is 17.7 Å². The maximum absolute atomic E-state index is 12.6. The smallest absolute Gasteiger partial charge is 0.261 e. The Bertz CT molecular complexity index is 931. The fourth-order valence-electron chi connectivity index (χ4n) is 2.90. The Hall–Kier alpha value is -3.42. The van der Waals surface area contributed by atoms with Crippen molar-refractivity contribution in [2.45, 2.75) is 25.4 Å². The summed E-state index contributed by atoms with van der Waals surface area (Å²) in [4.78, 5) is 50.0. The molecule has 0 saturated heterocycles. The summed E-state index contributed by atoms with van der Waals surface area (Å²) in [7, 11) is 0. The average molecular weight is 367 g/mol. The van der Waals surface area contributed by atoms with Crippen LogP contribution in [0.4, 0.5) is 0 Å². The van der Waals surface area contributed by atoms with Crippen molar-refractivity contribution >= 4 is 23.6 Å². The Morgan fingerprint density at radius 2 is 1.89 bits per heavy atom. The zero-order valence-corrected chi connectivity index (χ0v) is 14.4. The molecule has 8 heteroatoms. The van der Waals surface area contributed by atoms with Crippen LogP contribution in [0.5, 0.6) is 0 Å². The number of nitrogens with zero attached hydrogens (tertiary/aromatic N) is 1. The van der Waals surface area contributed by atoms with Gasteiger partial charge in [0.25, 0.3) is 17.7 Å². The molecule has 8 nitrogen and oxygen atoms in total. The summed E-state index contributed by atoms with van der Waals surface area (Å²) in [5.41, 5.74) is 0.630. The molecule has 0 bridgehead atoms. The quantitative estimate of drug-likeness (QED) is 0.743. The van der Waals surface area contributed by atoms with Gasteiger partial charge in [0, 0.05) is 11.6 Å². The van der Waals surface area contributed by atoms with E-state index in [0.29, 0.717) is 5.76 Å². The van der Waals surface area contributed by atoms with Crippen LogP contribution in [0.2, 0.25) is 0 Å². The molecule has 1 fully saturated rings. The van der Waals surface area contributed by atoms with Gasteiger partial charge in [0.1, 0.15) is 5.76 Å². The molecule has 4 amide bonds. The van der Waals surface area contributed by atoms with Crippen LogP contribution < -0.4 is 10.6 Å². The molecule has 2 aliphatic rings. The molecule has 27 heavy (non-hydrogen) atoms. The largest absolute Gasteiger partial charge is 0.467 e. The van der Waals surface area contributed by atoms with Crippen molar-refractivity contribution in [3.8, 4) is 0 Å². The number of benzene rings is 1. The van der Waals surface area contributed by atoms with E-state index in [1.54, 1.807) is 12.1 Å². The summed E-state index contributed by atoms with van der Waals surface area (Å²) in [5, 5.41) is 5.29. The third-order valence-corrected chi connectivity index (χ3v) is 4.48. The Balaban J connectivity index is 1.45. The lowest BCUT2D eigenvalue weighted by Gasteiger charge is -2.11. The van der Waals surface area contributed by atoms with E-state index in [9.17, 15) is 19.2 Å². The first-order chi connectivity index (χ1) is 13.0. The fraction of sp³-hybridized carbons (Fsp3) is 0.263. The second-order valence-corrected chi connectivity index (χ2v) is 6.56. The van der Waals surface area contributed by atoms with Crippen LogP contribution in [0.15, 0.2) is 41.0 Å². The number of imide groups is 1. The molecule has 2 aromatic rings. The van der Waals surface area contributed by atoms with E-state index in [2.05, 4.69) is 10.6 Å². The summed E-state index contributed by atoms with van der Waals surface area (Å²) >= 11 is 0. The van der Waals surface area contributed by atoms with Gasteiger partial charge in [-0.25, -0.2) is 0 Å². The van der Waals surface area contributed by atoms with Crippen molar-refractivity contribution in [2.75, 3.05) is 6.54 Å². The van der Waals surface area contributed by atoms with Gasteiger partial charge < -0.3 is 15.1 Å². The molecule has 4 rings (SSSR count). The molecule has 138 valence electrons. The summed E-state index contributed by atoms with van der Waals surface area (Å²) in [6, 6.07) is 7.87. The van der Waals surface area contributed by atoms with Gasteiger partial charge in [-0.1, -0.05) is 0 Å². The molecule has 1 aromatic carbocycles. The first kappa shape index (κ1) is 17.0. The number of amides is 4. The minimum Gasteiger partial charge on any atom is -0.467 e. The first-order valence-corrected chi connectivity index (χ1v) is 8.63. The van der Waals surface area contributed by atoms with Gasteiger partial charge in [-0.2, -0.15) is 0 Å². The number of carbonyl (C=O) groups is 4. The van der Waals surface area contributed by atoms with Gasteiger partial charge in [0.2, 0.25) is 5.91 Å². The molecule has 0 spiro atoms. The normalized spacial score (nSPS) is 15.6. The van der Waals surface area contributed by atoms with Crippen molar-refractivity contribution in [2.24, 2.45) is 0 Å². The van der Waals surface area contributed by atoms with Crippen LogP contribution in [0.25, 0.3) is 0 Å². The van der Waals surface area contributed by atoms with Crippen LogP contribution in [0.3, 0.4) is 0 Å². The molecular weight excluding hydrogens is 350 g/mol. The second-order valence-electron chi connectivity index (χ2n) is 6.56. The van der Waals surface area contributed by atoms with E-state index in [1.807, 2.05) is 0 Å².